The highest BCUT2D eigenvalue weighted by Gasteiger charge is 2.21. The minimum absolute atomic E-state index is 0.191. The lowest BCUT2D eigenvalue weighted by Crippen LogP contribution is -2.14. The van der Waals surface area contributed by atoms with E-state index in [4.69, 9.17) is 4.74 Å². The fourth-order valence-corrected chi connectivity index (χ4v) is 3.93. The molecular weight excluding hydrogens is 325 g/mol. The van der Waals surface area contributed by atoms with Gasteiger partial charge < -0.3 is 10.1 Å². The monoisotopic (exact) mass is 343 g/mol. The zero-order chi connectivity index (χ0) is 17.3. The molecule has 3 rings (SSSR count). The lowest BCUT2D eigenvalue weighted by Gasteiger charge is -2.11. The third-order valence-corrected chi connectivity index (χ3v) is 5.17. The smallest absolute Gasteiger partial charge is 0.266 e. The number of rotatable bonds is 4. The van der Waals surface area contributed by atoms with Gasteiger partial charge in [-0.15, -0.1) is 11.3 Å². The summed E-state index contributed by atoms with van der Waals surface area (Å²) < 4.78 is 20.2. The Labute approximate surface area is 144 Å². The van der Waals surface area contributed by atoms with Crippen molar-refractivity contribution in [2.75, 3.05) is 12.4 Å². The van der Waals surface area contributed by atoms with Crippen LogP contribution >= 0.6 is 11.3 Å². The number of methoxy groups -OCH3 is 1. The number of carbonyl (C=O) groups is 1. The number of hydrogen-bond acceptors (Lipinski definition) is 3. The molecule has 1 amide bonds. The maximum Gasteiger partial charge on any atom is 0.266 e. The molecule has 0 spiro atoms. The minimum atomic E-state index is -0.332. The van der Waals surface area contributed by atoms with Crippen molar-refractivity contribution in [1.82, 2.24) is 0 Å². The molecule has 124 valence electrons. The molecule has 1 aromatic heterocycles. The van der Waals surface area contributed by atoms with Gasteiger partial charge in [0, 0.05) is 28.4 Å². The molecular formula is C19H18FNO2S. The Bertz CT molecular complexity index is 897. The number of aryl methyl sites for hydroxylation is 2. The molecule has 0 saturated carbocycles. The summed E-state index contributed by atoms with van der Waals surface area (Å²) in [5.74, 6) is -0.568. The summed E-state index contributed by atoms with van der Waals surface area (Å²) in [4.78, 5) is 13.3. The molecule has 0 saturated heterocycles. The van der Waals surface area contributed by atoms with Gasteiger partial charge in [0.2, 0.25) is 0 Å². The van der Waals surface area contributed by atoms with E-state index in [1.54, 1.807) is 6.07 Å². The van der Waals surface area contributed by atoms with Crippen LogP contribution in [0.2, 0.25) is 0 Å². The maximum atomic E-state index is 14.2. The maximum absolute atomic E-state index is 14.2. The molecule has 2 aromatic carbocycles. The molecule has 0 fully saturated rings. The largest absolute Gasteiger partial charge is 0.380 e. The van der Waals surface area contributed by atoms with E-state index in [9.17, 15) is 9.18 Å². The van der Waals surface area contributed by atoms with Crippen molar-refractivity contribution in [1.29, 1.82) is 0 Å². The number of halogens is 1. The van der Waals surface area contributed by atoms with Gasteiger partial charge >= 0.3 is 0 Å². The van der Waals surface area contributed by atoms with Crippen LogP contribution in [0.5, 0.6) is 0 Å². The number of thiophene rings is 1. The first-order chi connectivity index (χ1) is 11.5. The van der Waals surface area contributed by atoms with Gasteiger partial charge in [0.15, 0.2) is 0 Å². The molecule has 0 unspecified atom stereocenters. The summed E-state index contributed by atoms with van der Waals surface area (Å²) in [5.41, 5.74) is 3.37. The third-order valence-electron chi connectivity index (χ3n) is 3.98. The molecule has 0 aliphatic carbocycles. The first kappa shape index (κ1) is 16.6. The van der Waals surface area contributed by atoms with Crippen LogP contribution in [0, 0.1) is 19.7 Å². The van der Waals surface area contributed by atoms with E-state index in [1.165, 1.54) is 24.5 Å². The molecule has 24 heavy (non-hydrogen) atoms. The molecule has 1 N–H and O–H groups in total. The van der Waals surface area contributed by atoms with Gasteiger partial charge in [-0.3, -0.25) is 4.79 Å². The second-order valence-corrected chi connectivity index (χ2v) is 6.73. The number of benzene rings is 2. The van der Waals surface area contributed by atoms with Crippen LogP contribution in [-0.2, 0) is 11.3 Å². The quantitative estimate of drug-likeness (QED) is 0.719. The fraction of sp³-hybridized carbons (Fsp3) is 0.211. The van der Waals surface area contributed by atoms with Gasteiger partial charge in [-0.25, -0.2) is 4.39 Å². The Balaban J connectivity index is 2.07. The Morgan fingerprint density at radius 2 is 1.83 bits per heavy atom. The SMILES string of the molecule is COCc1c(C(=O)Nc2c(C)cccc2C)sc2cccc(F)c12. The van der Waals surface area contributed by atoms with E-state index in [0.717, 1.165) is 21.5 Å². The van der Waals surface area contributed by atoms with E-state index in [0.29, 0.717) is 15.8 Å². The lowest BCUT2D eigenvalue weighted by molar-refractivity contribution is 0.102. The summed E-state index contributed by atoms with van der Waals surface area (Å²) in [6, 6.07) is 10.7. The summed E-state index contributed by atoms with van der Waals surface area (Å²) >= 11 is 1.29. The van der Waals surface area contributed by atoms with Crippen molar-refractivity contribution in [3.8, 4) is 0 Å². The number of amides is 1. The van der Waals surface area contributed by atoms with E-state index >= 15 is 0 Å². The highest BCUT2D eigenvalue weighted by molar-refractivity contribution is 7.21. The second kappa shape index (κ2) is 6.71. The van der Waals surface area contributed by atoms with E-state index in [1.807, 2.05) is 38.1 Å². The first-order valence-corrected chi connectivity index (χ1v) is 8.41. The van der Waals surface area contributed by atoms with Crippen LogP contribution in [0.15, 0.2) is 36.4 Å². The molecule has 3 nitrogen and oxygen atoms in total. The molecule has 0 aliphatic heterocycles. The van der Waals surface area contributed by atoms with Crippen molar-refractivity contribution in [2.24, 2.45) is 0 Å². The van der Waals surface area contributed by atoms with Gasteiger partial charge in [-0.05, 0) is 37.1 Å². The minimum Gasteiger partial charge on any atom is -0.380 e. The van der Waals surface area contributed by atoms with E-state index in [-0.39, 0.29) is 18.3 Å². The van der Waals surface area contributed by atoms with Crippen molar-refractivity contribution in [3.05, 3.63) is 63.8 Å². The molecule has 3 aromatic rings. The van der Waals surface area contributed by atoms with Crippen molar-refractivity contribution < 1.29 is 13.9 Å². The number of fused-ring (bicyclic) bond motifs is 1. The number of para-hydroxylation sites is 1. The van der Waals surface area contributed by atoms with Crippen LogP contribution < -0.4 is 5.32 Å². The molecule has 1 heterocycles. The zero-order valence-electron chi connectivity index (χ0n) is 13.8. The van der Waals surface area contributed by atoms with Crippen LogP contribution in [-0.4, -0.2) is 13.0 Å². The molecule has 5 heteroatoms. The van der Waals surface area contributed by atoms with Gasteiger partial charge in [0.05, 0.1) is 11.5 Å². The van der Waals surface area contributed by atoms with Crippen molar-refractivity contribution >= 4 is 33.0 Å². The van der Waals surface area contributed by atoms with Gasteiger partial charge in [-0.1, -0.05) is 24.3 Å². The lowest BCUT2D eigenvalue weighted by atomic mass is 10.1. The van der Waals surface area contributed by atoms with E-state index in [2.05, 4.69) is 5.32 Å². The Morgan fingerprint density at radius 3 is 2.50 bits per heavy atom. The average Bonchev–Trinajstić information content (AvgIpc) is 2.91. The van der Waals surface area contributed by atoms with Crippen LogP contribution in [0.4, 0.5) is 10.1 Å². The highest BCUT2D eigenvalue weighted by atomic mass is 32.1. The average molecular weight is 343 g/mol. The number of anilines is 1. The van der Waals surface area contributed by atoms with Gasteiger partial charge in [0.25, 0.3) is 5.91 Å². The summed E-state index contributed by atoms with van der Waals surface area (Å²) in [6.45, 7) is 4.09. The second-order valence-electron chi connectivity index (χ2n) is 5.68. The summed E-state index contributed by atoms with van der Waals surface area (Å²) in [5, 5.41) is 3.44. The predicted octanol–water partition coefficient (Wildman–Crippen LogP) is 5.06. The van der Waals surface area contributed by atoms with Crippen LogP contribution in [0.1, 0.15) is 26.4 Å². The topological polar surface area (TPSA) is 38.3 Å². The Kier molecular flexibility index (Phi) is 4.64. The number of carbonyl (C=O) groups excluding carboxylic acids is 1. The first-order valence-electron chi connectivity index (χ1n) is 7.59. The number of ether oxygens (including phenoxy) is 1. The van der Waals surface area contributed by atoms with Gasteiger partial charge in [-0.2, -0.15) is 0 Å². The third kappa shape index (κ3) is 2.92. The van der Waals surface area contributed by atoms with E-state index < -0.39 is 0 Å². The summed E-state index contributed by atoms with van der Waals surface area (Å²) in [7, 11) is 1.54. The zero-order valence-corrected chi connectivity index (χ0v) is 14.6. The van der Waals surface area contributed by atoms with Crippen molar-refractivity contribution in [2.45, 2.75) is 20.5 Å². The standard InChI is InChI=1S/C19H18FNO2S/c1-11-6-4-7-12(2)17(11)21-19(22)18-13(10-23-3)16-14(20)8-5-9-15(16)24-18/h4-9H,10H2,1-3H3,(H,21,22). The highest BCUT2D eigenvalue weighted by Crippen LogP contribution is 2.34. The Morgan fingerprint density at radius 1 is 1.17 bits per heavy atom. The fourth-order valence-electron chi connectivity index (χ4n) is 2.81. The number of nitrogens with one attached hydrogen (secondary N) is 1. The van der Waals surface area contributed by atoms with Crippen LogP contribution in [0.3, 0.4) is 0 Å². The predicted molar refractivity (Wildman–Crippen MR) is 96.4 cm³/mol. The normalized spacial score (nSPS) is 11.0. The van der Waals surface area contributed by atoms with Crippen LogP contribution in [0.25, 0.3) is 10.1 Å². The van der Waals surface area contributed by atoms with Gasteiger partial charge in [0.1, 0.15) is 5.82 Å². The molecule has 0 bridgehead atoms. The molecule has 0 aliphatic rings. The Hall–Kier alpha value is -2.24. The number of hydrogen-bond donors (Lipinski definition) is 1. The summed E-state index contributed by atoms with van der Waals surface area (Å²) in [6.07, 6.45) is 0. The molecule has 0 atom stereocenters. The van der Waals surface area contributed by atoms with Crippen molar-refractivity contribution in [3.63, 3.8) is 0 Å². The molecule has 0 radical (unpaired) electrons.